The number of rotatable bonds is 6. The summed E-state index contributed by atoms with van der Waals surface area (Å²) >= 11 is 0. The van der Waals surface area contributed by atoms with Gasteiger partial charge in [-0.15, -0.1) is 0 Å². The van der Waals surface area contributed by atoms with E-state index in [0.717, 1.165) is 5.56 Å². The Balaban J connectivity index is 1.97. The first-order valence-electron chi connectivity index (χ1n) is 7.39. The molecule has 0 saturated heterocycles. The van der Waals surface area contributed by atoms with Crippen molar-refractivity contribution in [2.45, 2.75) is 19.9 Å². The molecule has 0 aromatic heterocycles. The van der Waals surface area contributed by atoms with Crippen LogP contribution in [0.2, 0.25) is 0 Å². The van der Waals surface area contributed by atoms with E-state index < -0.39 is 5.82 Å². The van der Waals surface area contributed by atoms with Gasteiger partial charge in [-0.05, 0) is 35.7 Å². The highest BCUT2D eigenvalue weighted by atomic mass is 19.1. The van der Waals surface area contributed by atoms with Gasteiger partial charge in [-0.2, -0.15) is 0 Å². The Morgan fingerprint density at radius 2 is 1.78 bits per heavy atom. The van der Waals surface area contributed by atoms with Crippen LogP contribution < -0.4 is 10.1 Å². The highest BCUT2D eigenvalue weighted by Crippen LogP contribution is 2.22. The van der Waals surface area contributed by atoms with Gasteiger partial charge >= 0.3 is 0 Å². The molecule has 5 heteroatoms. The van der Waals surface area contributed by atoms with E-state index >= 15 is 0 Å². The van der Waals surface area contributed by atoms with E-state index in [2.05, 4.69) is 5.32 Å². The summed E-state index contributed by atoms with van der Waals surface area (Å²) in [6, 6.07) is 11.4. The van der Waals surface area contributed by atoms with Crippen molar-refractivity contribution in [1.29, 1.82) is 0 Å². The van der Waals surface area contributed by atoms with Crippen LogP contribution in [0.15, 0.2) is 48.5 Å². The van der Waals surface area contributed by atoms with Crippen molar-refractivity contribution in [1.82, 2.24) is 5.32 Å². The van der Waals surface area contributed by atoms with Gasteiger partial charge in [-0.1, -0.05) is 32.0 Å². The Kier molecular flexibility index (Phi) is 5.68. The molecule has 2 aromatic rings. The molecule has 0 unspecified atom stereocenters. The number of hydrogen-bond donors (Lipinski definition) is 1. The lowest BCUT2D eigenvalue weighted by Crippen LogP contribution is -2.35. The van der Waals surface area contributed by atoms with E-state index in [1.54, 1.807) is 18.2 Å². The highest BCUT2D eigenvalue weighted by Gasteiger charge is 2.18. The SMILES string of the molecule is CC(C)[C@@H](NC(=O)COc1cccc(F)c1)c1ccc(F)cc1. The van der Waals surface area contributed by atoms with Crippen molar-refractivity contribution in [3.8, 4) is 5.75 Å². The molecule has 0 bridgehead atoms. The smallest absolute Gasteiger partial charge is 0.258 e. The fourth-order valence-electron chi connectivity index (χ4n) is 2.23. The normalized spacial score (nSPS) is 12.0. The minimum absolute atomic E-state index is 0.124. The average molecular weight is 319 g/mol. The number of benzene rings is 2. The first kappa shape index (κ1) is 16.9. The molecule has 0 saturated carbocycles. The summed E-state index contributed by atoms with van der Waals surface area (Å²) < 4.78 is 31.3. The molecular weight excluding hydrogens is 300 g/mol. The quantitative estimate of drug-likeness (QED) is 0.878. The molecular formula is C18H19F2NO2. The van der Waals surface area contributed by atoms with Crippen LogP contribution in [0.25, 0.3) is 0 Å². The second-order valence-electron chi connectivity index (χ2n) is 5.59. The molecule has 0 radical (unpaired) electrons. The number of nitrogens with one attached hydrogen (secondary N) is 1. The third-order valence-corrected chi connectivity index (χ3v) is 3.38. The Bertz CT molecular complexity index is 656. The zero-order chi connectivity index (χ0) is 16.8. The molecule has 1 amide bonds. The van der Waals surface area contributed by atoms with Gasteiger partial charge in [0.15, 0.2) is 6.61 Å². The van der Waals surface area contributed by atoms with E-state index in [0.29, 0.717) is 5.75 Å². The maximum atomic E-state index is 13.1. The summed E-state index contributed by atoms with van der Waals surface area (Å²) in [4.78, 5) is 12.1. The predicted molar refractivity (Wildman–Crippen MR) is 84.0 cm³/mol. The average Bonchev–Trinajstić information content (AvgIpc) is 2.51. The van der Waals surface area contributed by atoms with Crippen molar-refractivity contribution >= 4 is 5.91 Å². The van der Waals surface area contributed by atoms with Gasteiger partial charge in [-0.25, -0.2) is 8.78 Å². The zero-order valence-corrected chi connectivity index (χ0v) is 13.1. The number of hydrogen-bond acceptors (Lipinski definition) is 2. The number of carbonyl (C=O) groups excluding carboxylic acids is 1. The van der Waals surface area contributed by atoms with Crippen LogP contribution in [0.4, 0.5) is 8.78 Å². The van der Waals surface area contributed by atoms with Gasteiger partial charge in [0.25, 0.3) is 5.91 Å². The Morgan fingerprint density at radius 3 is 2.39 bits per heavy atom. The second-order valence-corrected chi connectivity index (χ2v) is 5.59. The molecule has 2 aromatic carbocycles. The minimum Gasteiger partial charge on any atom is -0.484 e. The molecule has 2 rings (SSSR count). The van der Waals surface area contributed by atoms with Gasteiger partial charge in [0.05, 0.1) is 6.04 Å². The zero-order valence-electron chi connectivity index (χ0n) is 13.1. The van der Waals surface area contributed by atoms with Crippen LogP contribution >= 0.6 is 0 Å². The maximum Gasteiger partial charge on any atom is 0.258 e. The van der Waals surface area contributed by atoms with E-state index in [4.69, 9.17) is 4.74 Å². The Labute approximate surface area is 134 Å². The molecule has 0 aliphatic rings. The molecule has 122 valence electrons. The van der Waals surface area contributed by atoms with Crippen LogP contribution in [-0.2, 0) is 4.79 Å². The van der Waals surface area contributed by atoms with Gasteiger partial charge in [0.1, 0.15) is 17.4 Å². The highest BCUT2D eigenvalue weighted by molar-refractivity contribution is 5.78. The largest absolute Gasteiger partial charge is 0.484 e. The van der Waals surface area contributed by atoms with Crippen molar-refractivity contribution in [3.63, 3.8) is 0 Å². The van der Waals surface area contributed by atoms with Crippen LogP contribution in [0.3, 0.4) is 0 Å². The number of halogens is 2. The summed E-state index contributed by atoms with van der Waals surface area (Å²) in [5.41, 5.74) is 0.820. The van der Waals surface area contributed by atoms with Gasteiger partial charge in [-0.3, -0.25) is 4.79 Å². The van der Waals surface area contributed by atoms with E-state index in [1.165, 1.54) is 30.3 Å². The Hall–Kier alpha value is -2.43. The predicted octanol–water partition coefficient (Wildman–Crippen LogP) is 3.86. The standard InChI is InChI=1S/C18H19F2NO2/c1-12(2)18(13-6-8-14(19)9-7-13)21-17(22)11-23-16-5-3-4-15(20)10-16/h3-10,12,18H,11H2,1-2H3,(H,21,22)/t18-/m1/s1. The summed E-state index contributed by atoms with van der Waals surface area (Å²) in [5.74, 6) is -0.648. The molecule has 0 aliphatic carbocycles. The van der Waals surface area contributed by atoms with Crippen LogP contribution in [0.1, 0.15) is 25.5 Å². The second kappa shape index (κ2) is 7.72. The van der Waals surface area contributed by atoms with Crippen LogP contribution in [-0.4, -0.2) is 12.5 Å². The van der Waals surface area contributed by atoms with Crippen molar-refractivity contribution < 1.29 is 18.3 Å². The molecule has 1 atom stereocenters. The van der Waals surface area contributed by atoms with Gasteiger partial charge < -0.3 is 10.1 Å². The molecule has 0 spiro atoms. The lowest BCUT2D eigenvalue weighted by Gasteiger charge is -2.23. The number of ether oxygens (including phenoxy) is 1. The minimum atomic E-state index is -0.422. The van der Waals surface area contributed by atoms with Crippen molar-refractivity contribution in [2.24, 2.45) is 5.92 Å². The first-order valence-corrected chi connectivity index (χ1v) is 7.39. The fourth-order valence-corrected chi connectivity index (χ4v) is 2.23. The number of amides is 1. The molecule has 0 fully saturated rings. The topological polar surface area (TPSA) is 38.3 Å². The lowest BCUT2D eigenvalue weighted by atomic mass is 9.96. The summed E-state index contributed by atoms with van der Waals surface area (Å²) in [7, 11) is 0. The maximum absolute atomic E-state index is 13.1. The summed E-state index contributed by atoms with van der Waals surface area (Å²) in [6.07, 6.45) is 0. The molecule has 0 heterocycles. The Morgan fingerprint density at radius 1 is 1.09 bits per heavy atom. The number of carbonyl (C=O) groups is 1. The molecule has 3 nitrogen and oxygen atoms in total. The van der Waals surface area contributed by atoms with Crippen molar-refractivity contribution in [2.75, 3.05) is 6.61 Å². The third kappa shape index (κ3) is 5.06. The van der Waals surface area contributed by atoms with E-state index in [9.17, 15) is 13.6 Å². The van der Waals surface area contributed by atoms with Gasteiger partial charge in [0, 0.05) is 6.07 Å². The fraction of sp³-hybridized carbons (Fsp3) is 0.278. The lowest BCUT2D eigenvalue weighted by molar-refractivity contribution is -0.124. The van der Waals surface area contributed by atoms with Crippen molar-refractivity contribution in [3.05, 3.63) is 65.7 Å². The molecule has 23 heavy (non-hydrogen) atoms. The summed E-state index contributed by atoms with van der Waals surface area (Å²) in [5, 5.41) is 2.86. The summed E-state index contributed by atoms with van der Waals surface area (Å²) in [6.45, 7) is 3.71. The van der Waals surface area contributed by atoms with Gasteiger partial charge in [0.2, 0.25) is 0 Å². The monoisotopic (exact) mass is 319 g/mol. The first-order chi connectivity index (χ1) is 11.0. The van der Waals surface area contributed by atoms with Crippen LogP contribution in [0.5, 0.6) is 5.75 Å². The molecule has 0 aliphatic heterocycles. The van der Waals surface area contributed by atoms with E-state index in [-0.39, 0.29) is 30.3 Å². The van der Waals surface area contributed by atoms with Crippen LogP contribution in [0, 0.1) is 17.6 Å². The molecule has 1 N–H and O–H groups in total. The van der Waals surface area contributed by atoms with E-state index in [1.807, 2.05) is 13.8 Å². The third-order valence-electron chi connectivity index (χ3n) is 3.38.